The predicted molar refractivity (Wildman–Crippen MR) is 48.7 cm³/mol. The van der Waals surface area contributed by atoms with E-state index in [0.29, 0.717) is 6.54 Å². The number of nitrogens with zero attached hydrogens (tertiary/aromatic N) is 2. The summed E-state index contributed by atoms with van der Waals surface area (Å²) in [5.41, 5.74) is 6.30. The van der Waals surface area contributed by atoms with Gasteiger partial charge in [-0.2, -0.15) is 0 Å². The lowest BCUT2D eigenvalue weighted by Crippen LogP contribution is -2.09. The average molecular weight is 166 g/mol. The van der Waals surface area contributed by atoms with E-state index in [9.17, 15) is 0 Å². The Hall–Kier alpha value is -1.16. The SMILES string of the molecule is CCCNc1nccnc1CN. The van der Waals surface area contributed by atoms with E-state index >= 15 is 0 Å². The molecule has 0 saturated heterocycles. The van der Waals surface area contributed by atoms with Crippen LogP contribution < -0.4 is 11.1 Å². The van der Waals surface area contributed by atoms with E-state index in [1.807, 2.05) is 0 Å². The molecule has 0 radical (unpaired) electrons. The van der Waals surface area contributed by atoms with Crippen LogP contribution in [0, 0.1) is 0 Å². The van der Waals surface area contributed by atoms with E-state index < -0.39 is 0 Å². The van der Waals surface area contributed by atoms with E-state index in [1.165, 1.54) is 0 Å². The first kappa shape index (κ1) is 8.93. The lowest BCUT2D eigenvalue weighted by Gasteiger charge is -2.06. The smallest absolute Gasteiger partial charge is 0.149 e. The van der Waals surface area contributed by atoms with E-state index in [-0.39, 0.29) is 0 Å². The largest absolute Gasteiger partial charge is 0.369 e. The summed E-state index contributed by atoms with van der Waals surface area (Å²) in [4.78, 5) is 8.23. The molecule has 3 N–H and O–H groups in total. The van der Waals surface area contributed by atoms with Crippen LogP contribution in [0.4, 0.5) is 5.82 Å². The second kappa shape index (κ2) is 4.66. The van der Waals surface area contributed by atoms with Gasteiger partial charge in [-0.3, -0.25) is 4.98 Å². The number of nitrogens with two attached hydrogens (primary N) is 1. The molecule has 0 unspecified atom stereocenters. The molecule has 0 saturated carbocycles. The van der Waals surface area contributed by atoms with E-state index in [2.05, 4.69) is 22.2 Å². The number of aromatic nitrogens is 2. The summed E-state index contributed by atoms with van der Waals surface area (Å²) >= 11 is 0. The van der Waals surface area contributed by atoms with Crippen molar-refractivity contribution in [2.45, 2.75) is 19.9 Å². The molecule has 12 heavy (non-hydrogen) atoms. The highest BCUT2D eigenvalue weighted by Gasteiger charge is 1.99. The zero-order chi connectivity index (χ0) is 8.81. The van der Waals surface area contributed by atoms with Crippen molar-refractivity contribution in [3.05, 3.63) is 18.1 Å². The molecule has 0 fully saturated rings. The van der Waals surface area contributed by atoms with Crippen LogP contribution in [0.25, 0.3) is 0 Å². The Balaban J connectivity index is 2.68. The van der Waals surface area contributed by atoms with Gasteiger partial charge in [-0.05, 0) is 6.42 Å². The van der Waals surface area contributed by atoms with Gasteiger partial charge in [0.2, 0.25) is 0 Å². The third-order valence-electron chi connectivity index (χ3n) is 1.51. The van der Waals surface area contributed by atoms with Crippen LogP contribution in [0.5, 0.6) is 0 Å². The Kier molecular flexibility index (Phi) is 3.47. The van der Waals surface area contributed by atoms with Crippen molar-refractivity contribution in [3.8, 4) is 0 Å². The molecule has 1 aromatic heterocycles. The summed E-state index contributed by atoms with van der Waals surface area (Å²) in [6, 6.07) is 0. The summed E-state index contributed by atoms with van der Waals surface area (Å²) in [6.45, 7) is 3.44. The first-order chi connectivity index (χ1) is 5.88. The Labute approximate surface area is 72.2 Å². The summed E-state index contributed by atoms with van der Waals surface area (Å²) in [6.07, 6.45) is 4.39. The van der Waals surface area contributed by atoms with Gasteiger partial charge in [0.05, 0.1) is 5.69 Å². The normalized spacial score (nSPS) is 9.83. The monoisotopic (exact) mass is 166 g/mol. The fraction of sp³-hybridized carbons (Fsp3) is 0.500. The maximum Gasteiger partial charge on any atom is 0.149 e. The van der Waals surface area contributed by atoms with Crippen molar-refractivity contribution in [2.75, 3.05) is 11.9 Å². The number of hydrogen-bond acceptors (Lipinski definition) is 4. The number of anilines is 1. The maximum atomic E-state index is 5.48. The molecule has 4 nitrogen and oxygen atoms in total. The van der Waals surface area contributed by atoms with Crippen molar-refractivity contribution in [1.29, 1.82) is 0 Å². The van der Waals surface area contributed by atoms with E-state index in [4.69, 9.17) is 5.73 Å². The van der Waals surface area contributed by atoms with Crippen molar-refractivity contribution >= 4 is 5.82 Å². The molecule has 1 heterocycles. The van der Waals surface area contributed by atoms with E-state index in [1.54, 1.807) is 12.4 Å². The quantitative estimate of drug-likeness (QED) is 0.693. The highest BCUT2D eigenvalue weighted by molar-refractivity contribution is 5.38. The van der Waals surface area contributed by atoms with Gasteiger partial charge in [-0.1, -0.05) is 6.92 Å². The molecule has 0 aliphatic rings. The zero-order valence-electron chi connectivity index (χ0n) is 7.25. The van der Waals surface area contributed by atoms with Crippen LogP contribution in [-0.4, -0.2) is 16.5 Å². The molecule has 0 atom stereocenters. The molecule has 0 aromatic carbocycles. The first-order valence-electron chi connectivity index (χ1n) is 4.12. The number of nitrogens with one attached hydrogen (secondary N) is 1. The Morgan fingerprint density at radius 1 is 1.42 bits per heavy atom. The van der Waals surface area contributed by atoms with Crippen molar-refractivity contribution in [2.24, 2.45) is 5.73 Å². The van der Waals surface area contributed by atoms with Gasteiger partial charge in [0.15, 0.2) is 0 Å². The van der Waals surface area contributed by atoms with Crippen LogP contribution in [0.15, 0.2) is 12.4 Å². The minimum absolute atomic E-state index is 0.430. The van der Waals surface area contributed by atoms with Crippen LogP contribution in [0.2, 0.25) is 0 Å². The van der Waals surface area contributed by atoms with Gasteiger partial charge in [-0.15, -0.1) is 0 Å². The van der Waals surface area contributed by atoms with Gasteiger partial charge in [0.1, 0.15) is 5.82 Å². The van der Waals surface area contributed by atoms with E-state index in [0.717, 1.165) is 24.5 Å². The Bertz CT molecular complexity index is 236. The molecular formula is C8H14N4. The lowest BCUT2D eigenvalue weighted by atomic mass is 10.4. The summed E-state index contributed by atoms with van der Waals surface area (Å²) in [7, 11) is 0. The summed E-state index contributed by atoms with van der Waals surface area (Å²) in [5, 5.41) is 3.16. The highest BCUT2D eigenvalue weighted by Crippen LogP contribution is 2.06. The standard InChI is InChI=1S/C8H14N4/c1-2-3-11-8-7(6-9)10-4-5-12-8/h4-5H,2-3,6,9H2,1H3,(H,11,12). The second-order valence-corrected chi connectivity index (χ2v) is 2.48. The molecule has 0 spiro atoms. The molecule has 4 heteroatoms. The van der Waals surface area contributed by atoms with Crippen LogP contribution >= 0.6 is 0 Å². The number of rotatable bonds is 4. The third-order valence-corrected chi connectivity index (χ3v) is 1.51. The fourth-order valence-electron chi connectivity index (χ4n) is 0.907. The average Bonchev–Trinajstić information content (AvgIpc) is 2.15. The molecule has 1 aromatic rings. The zero-order valence-corrected chi connectivity index (χ0v) is 7.25. The van der Waals surface area contributed by atoms with Gasteiger partial charge in [0.25, 0.3) is 0 Å². The molecule has 0 aliphatic carbocycles. The Morgan fingerprint density at radius 2 is 2.17 bits per heavy atom. The molecule has 0 bridgehead atoms. The van der Waals surface area contributed by atoms with Gasteiger partial charge >= 0.3 is 0 Å². The van der Waals surface area contributed by atoms with Crippen LogP contribution in [0.3, 0.4) is 0 Å². The predicted octanol–water partition coefficient (Wildman–Crippen LogP) is 0.757. The van der Waals surface area contributed by atoms with Crippen molar-refractivity contribution < 1.29 is 0 Å². The van der Waals surface area contributed by atoms with Gasteiger partial charge < -0.3 is 11.1 Å². The minimum Gasteiger partial charge on any atom is -0.369 e. The molecule has 1 rings (SSSR count). The van der Waals surface area contributed by atoms with Crippen molar-refractivity contribution in [3.63, 3.8) is 0 Å². The number of hydrogen-bond donors (Lipinski definition) is 2. The summed E-state index contributed by atoms with van der Waals surface area (Å²) in [5.74, 6) is 0.807. The van der Waals surface area contributed by atoms with Gasteiger partial charge in [0, 0.05) is 25.5 Å². The summed E-state index contributed by atoms with van der Waals surface area (Å²) < 4.78 is 0. The van der Waals surface area contributed by atoms with Crippen LogP contribution in [-0.2, 0) is 6.54 Å². The highest BCUT2D eigenvalue weighted by atomic mass is 15.0. The lowest BCUT2D eigenvalue weighted by molar-refractivity contribution is 0.923. The fourth-order valence-corrected chi connectivity index (χ4v) is 0.907. The first-order valence-corrected chi connectivity index (χ1v) is 4.12. The Morgan fingerprint density at radius 3 is 2.83 bits per heavy atom. The van der Waals surface area contributed by atoms with Crippen molar-refractivity contribution in [1.82, 2.24) is 9.97 Å². The topological polar surface area (TPSA) is 63.8 Å². The van der Waals surface area contributed by atoms with Crippen LogP contribution in [0.1, 0.15) is 19.0 Å². The second-order valence-electron chi connectivity index (χ2n) is 2.48. The van der Waals surface area contributed by atoms with Gasteiger partial charge in [-0.25, -0.2) is 4.98 Å². The minimum atomic E-state index is 0.430. The third kappa shape index (κ3) is 2.17. The molecular weight excluding hydrogens is 152 g/mol. The molecule has 0 amide bonds. The molecule has 0 aliphatic heterocycles. The maximum absolute atomic E-state index is 5.48. The molecule has 66 valence electrons.